The molecule has 0 aliphatic rings. The van der Waals surface area contributed by atoms with Crippen LogP contribution in [0.15, 0.2) is 170 Å². The van der Waals surface area contributed by atoms with Crippen molar-refractivity contribution in [1.82, 2.24) is 0 Å². The van der Waals surface area contributed by atoms with Crippen LogP contribution in [0.25, 0.3) is 76.8 Å². The highest BCUT2D eigenvalue weighted by molar-refractivity contribution is 6.24. The summed E-state index contributed by atoms with van der Waals surface area (Å²) in [6, 6.07) is 38.8. The molecule has 0 fully saturated rings. The van der Waals surface area contributed by atoms with Crippen LogP contribution in [0.5, 0.6) is 0 Å². The number of hydrogen-bond acceptors (Lipinski definition) is 0. The first-order chi connectivity index (χ1) is 23.8. The predicted octanol–water partition coefficient (Wildman–Crippen LogP) is 11.8. The summed E-state index contributed by atoms with van der Waals surface area (Å²) in [6.07, 6.45) is 0. The van der Waals surface area contributed by atoms with Crippen molar-refractivity contribution in [2.75, 3.05) is 0 Å². The van der Waals surface area contributed by atoms with E-state index in [1.165, 1.54) is 0 Å². The van der Waals surface area contributed by atoms with Gasteiger partial charge in [-0.3, -0.25) is 0 Å². The van der Waals surface area contributed by atoms with Gasteiger partial charge in [0.1, 0.15) is 0 Å². The number of fused-ring (bicyclic) bond motifs is 3. The van der Waals surface area contributed by atoms with Crippen molar-refractivity contribution in [3.05, 3.63) is 170 Å². The van der Waals surface area contributed by atoms with Gasteiger partial charge in [0.15, 0.2) is 0 Å². The standard InChI is InChI=1S/C42H28/c1-3-14-29(15-4-1)32-26-27-39-40(28-32)42(36-25-13-19-31-18-7-8-20-34(31)36)38-24-12-11-23-37(38)41(39)35-22-10-9-21-33(35)30-16-5-2-6-17-30/h1-28H/i11D,12D,23D,24D,26D,27D,28D. The average molecular weight is 540 g/mol. The summed E-state index contributed by atoms with van der Waals surface area (Å²) in [5.41, 5.74) is 4.81. The van der Waals surface area contributed by atoms with Crippen LogP contribution in [0.4, 0.5) is 0 Å². The van der Waals surface area contributed by atoms with Crippen molar-refractivity contribution in [1.29, 1.82) is 0 Å². The first-order valence-corrected chi connectivity index (χ1v) is 14.0. The minimum absolute atomic E-state index is 0.0258. The Morgan fingerprint density at radius 2 is 0.881 bits per heavy atom. The third-order valence-electron chi connectivity index (χ3n) is 7.90. The Morgan fingerprint density at radius 3 is 1.64 bits per heavy atom. The summed E-state index contributed by atoms with van der Waals surface area (Å²) in [5.74, 6) is 0. The van der Waals surface area contributed by atoms with E-state index in [1.807, 2.05) is 127 Å². The van der Waals surface area contributed by atoms with Gasteiger partial charge in [-0.15, -0.1) is 0 Å². The smallest absolute Gasteiger partial charge is 0.0622 e. The van der Waals surface area contributed by atoms with Gasteiger partial charge in [0.25, 0.3) is 0 Å². The third-order valence-corrected chi connectivity index (χ3v) is 7.90. The lowest BCUT2D eigenvalue weighted by atomic mass is 9.82. The molecule has 8 aromatic carbocycles. The van der Waals surface area contributed by atoms with E-state index in [4.69, 9.17) is 2.74 Å². The molecule has 42 heavy (non-hydrogen) atoms. The fourth-order valence-electron chi connectivity index (χ4n) is 6.02. The summed E-state index contributed by atoms with van der Waals surface area (Å²) in [6.45, 7) is 0. The number of rotatable bonds is 4. The molecule has 0 N–H and O–H groups in total. The minimum atomic E-state index is -0.385. The monoisotopic (exact) mass is 539 g/mol. The Morgan fingerprint density at radius 1 is 0.333 bits per heavy atom. The largest absolute Gasteiger partial charge is 0.0636 e. The maximum absolute atomic E-state index is 9.89. The molecule has 8 aromatic rings. The van der Waals surface area contributed by atoms with Gasteiger partial charge >= 0.3 is 0 Å². The zero-order valence-electron chi connectivity index (χ0n) is 29.6. The molecule has 0 aliphatic carbocycles. The molecule has 0 heteroatoms. The average Bonchev–Trinajstić information content (AvgIpc) is 3.15. The molecular formula is C42H28. The van der Waals surface area contributed by atoms with E-state index in [9.17, 15) is 6.85 Å². The van der Waals surface area contributed by atoms with Crippen molar-refractivity contribution < 1.29 is 9.60 Å². The van der Waals surface area contributed by atoms with E-state index in [0.29, 0.717) is 44.2 Å². The molecule has 0 aliphatic heterocycles. The van der Waals surface area contributed by atoms with Gasteiger partial charge < -0.3 is 0 Å². The van der Waals surface area contributed by atoms with Crippen molar-refractivity contribution in [3.63, 3.8) is 0 Å². The molecule has 0 saturated heterocycles. The SMILES string of the molecule is [2H]c1c([2H])c([2H])c2c(-c3cccc4ccccc34)c3c([2H])c(-c4ccccc4)c([2H])c([2H])c3c(-c3ccccc3-c3ccccc3)c2c1[2H]. The zero-order chi connectivity index (χ0) is 34.0. The van der Waals surface area contributed by atoms with Crippen LogP contribution in [0.3, 0.4) is 0 Å². The van der Waals surface area contributed by atoms with Gasteiger partial charge in [-0.2, -0.15) is 0 Å². The fraction of sp³-hybridized carbons (Fsp3) is 0. The molecular weight excluding hydrogens is 504 g/mol. The normalized spacial score (nSPS) is 13.7. The lowest BCUT2D eigenvalue weighted by molar-refractivity contribution is 1.60. The highest BCUT2D eigenvalue weighted by Gasteiger charge is 2.20. The van der Waals surface area contributed by atoms with Crippen molar-refractivity contribution in [3.8, 4) is 44.5 Å². The van der Waals surface area contributed by atoms with E-state index in [1.54, 1.807) is 0 Å². The molecule has 0 bridgehead atoms. The van der Waals surface area contributed by atoms with E-state index >= 15 is 0 Å². The molecule has 0 heterocycles. The van der Waals surface area contributed by atoms with Crippen LogP contribution >= 0.6 is 0 Å². The zero-order valence-corrected chi connectivity index (χ0v) is 22.6. The molecule has 0 amide bonds. The molecule has 0 unspecified atom stereocenters. The van der Waals surface area contributed by atoms with Crippen LogP contribution in [0.2, 0.25) is 0 Å². The Labute approximate surface area is 256 Å². The molecule has 196 valence electrons. The number of hydrogen-bond donors (Lipinski definition) is 0. The molecule has 0 radical (unpaired) electrons. The lowest BCUT2D eigenvalue weighted by Gasteiger charge is -2.21. The van der Waals surface area contributed by atoms with Crippen molar-refractivity contribution >= 4 is 32.3 Å². The van der Waals surface area contributed by atoms with Crippen molar-refractivity contribution in [2.24, 2.45) is 0 Å². The van der Waals surface area contributed by atoms with E-state index in [2.05, 4.69) is 0 Å². The van der Waals surface area contributed by atoms with Crippen LogP contribution < -0.4 is 0 Å². The maximum atomic E-state index is 9.89. The summed E-state index contributed by atoms with van der Waals surface area (Å²) in [5, 5.41) is 2.98. The summed E-state index contributed by atoms with van der Waals surface area (Å²) in [4.78, 5) is 0. The number of benzene rings is 8. The quantitative estimate of drug-likeness (QED) is 0.195. The maximum Gasteiger partial charge on any atom is 0.0636 e. The molecule has 0 aromatic heterocycles. The Kier molecular flexibility index (Phi) is 4.38. The second-order valence-electron chi connectivity index (χ2n) is 10.3. The first kappa shape index (κ1) is 18.1. The Bertz CT molecular complexity index is 2610. The van der Waals surface area contributed by atoms with Gasteiger partial charge in [0.2, 0.25) is 0 Å². The third kappa shape index (κ3) is 4.00. The molecule has 8 rings (SSSR count). The Balaban J connectivity index is 1.73. The topological polar surface area (TPSA) is 0 Å². The second-order valence-corrected chi connectivity index (χ2v) is 10.3. The van der Waals surface area contributed by atoms with Crippen molar-refractivity contribution in [2.45, 2.75) is 0 Å². The fourth-order valence-corrected chi connectivity index (χ4v) is 6.02. The second kappa shape index (κ2) is 10.2. The van der Waals surface area contributed by atoms with Crippen LogP contribution in [-0.4, -0.2) is 0 Å². The molecule has 0 atom stereocenters. The highest BCUT2D eigenvalue weighted by Crippen LogP contribution is 2.48. The summed E-state index contributed by atoms with van der Waals surface area (Å²) < 4.78 is 65.4. The van der Waals surface area contributed by atoms with Crippen LogP contribution in [0, 0.1) is 0 Å². The van der Waals surface area contributed by atoms with Gasteiger partial charge in [0, 0.05) is 0 Å². The van der Waals surface area contributed by atoms with Crippen LogP contribution in [0.1, 0.15) is 9.60 Å². The van der Waals surface area contributed by atoms with E-state index in [-0.39, 0.29) is 53.1 Å². The van der Waals surface area contributed by atoms with Gasteiger partial charge in [-0.25, -0.2) is 0 Å². The molecule has 0 nitrogen and oxygen atoms in total. The van der Waals surface area contributed by atoms with Gasteiger partial charge in [-0.1, -0.05) is 164 Å². The highest BCUT2D eigenvalue weighted by atomic mass is 14.2. The first-order valence-electron chi connectivity index (χ1n) is 17.5. The van der Waals surface area contributed by atoms with E-state index < -0.39 is 0 Å². The van der Waals surface area contributed by atoms with Gasteiger partial charge in [-0.05, 0) is 82.9 Å². The Hall–Kier alpha value is -5.46. The minimum Gasteiger partial charge on any atom is -0.0622 e. The van der Waals surface area contributed by atoms with Gasteiger partial charge in [0.05, 0.1) is 9.60 Å². The summed E-state index contributed by atoms with van der Waals surface area (Å²) in [7, 11) is 0. The van der Waals surface area contributed by atoms with Crippen LogP contribution in [-0.2, 0) is 0 Å². The summed E-state index contributed by atoms with van der Waals surface area (Å²) >= 11 is 0. The predicted molar refractivity (Wildman–Crippen MR) is 181 cm³/mol. The lowest BCUT2D eigenvalue weighted by Crippen LogP contribution is -1.94. The van der Waals surface area contributed by atoms with E-state index in [0.717, 1.165) is 21.9 Å². The molecule has 0 spiro atoms. The molecule has 0 saturated carbocycles.